The van der Waals surface area contributed by atoms with E-state index in [4.69, 9.17) is 0 Å². The Morgan fingerprint density at radius 3 is 2.07 bits per heavy atom. The number of anilines is 1. The SMILES string of the molecule is O=C(N[C@H](CO)c1ccccc1)c1ccc(N2Cc3ccccc3C2)cc1. The summed E-state index contributed by atoms with van der Waals surface area (Å²) in [5.41, 5.74) is 5.29. The predicted octanol–water partition coefficient (Wildman–Crippen LogP) is 3.67. The molecule has 4 rings (SSSR count). The highest BCUT2D eigenvalue weighted by atomic mass is 16.3. The summed E-state index contributed by atoms with van der Waals surface area (Å²) in [6.45, 7) is 1.64. The van der Waals surface area contributed by atoms with Crippen LogP contribution in [0.5, 0.6) is 0 Å². The number of aliphatic hydroxyl groups is 1. The van der Waals surface area contributed by atoms with Crippen molar-refractivity contribution in [3.63, 3.8) is 0 Å². The molecule has 1 amide bonds. The van der Waals surface area contributed by atoms with Gasteiger partial charge in [0.2, 0.25) is 0 Å². The summed E-state index contributed by atoms with van der Waals surface area (Å²) in [7, 11) is 0. The van der Waals surface area contributed by atoms with Crippen LogP contribution in [0.3, 0.4) is 0 Å². The number of hydrogen-bond donors (Lipinski definition) is 2. The van der Waals surface area contributed by atoms with Gasteiger partial charge >= 0.3 is 0 Å². The van der Waals surface area contributed by atoms with Crippen LogP contribution in [0.2, 0.25) is 0 Å². The molecule has 3 aromatic carbocycles. The monoisotopic (exact) mass is 358 g/mol. The maximum absolute atomic E-state index is 12.6. The average Bonchev–Trinajstić information content (AvgIpc) is 3.17. The molecular weight excluding hydrogens is 336 g/mol. The molecule has 1 aliphatic rings. The topological polar surface area (TPSA) is 52.6 Å². The number of nitrogens with one attached hydrogen (secondary N) is 1. The van der Waals surface area contributed by atoms with Crippen molar-refractivity contribution in [2.45, 2.75) is 19.1 Å². The second kappa shape index (κ2) is 7.64. The van der Waals surface area contributed by atoms with E-state index in [0.717, 1.165) is 24.3 Å². The molecule has 4 heteroatoms. The van der Waals surface area contributed by atoms with Crippen molar-refractivity contribution >= 4 is 11.6 Å². The van der Waals surface area contributed by atoms with Crippen LogP contribution in [0.4, 0.5) is 5.69 Å². The van der Waals surface area contributed by atoms with Crippen molar-refractivity contribution in [3.8, 4) is 0 Å². The standard InChI is InChI=1S/C23H22N2O2/c26-16-22(17-6-2-1-3-7-17)24-23(27)18-10-12-21(13-11-18)25-14-19-8-4-5-9-20(19)15-25/h1-13,22,26H,14-16H2,(H,24,27)/t22-/m1/s1. The Bertz CT molecular complexity index is 898. The van der Waals surface area contributed by atoms with Gasteiger partial charge in [0.1, 0.15) is 0 Å². The fourth-order valence-electron chi connectivity index (χ4n) is 3.50. The Morgan fingerprint density at radius 1 is 0.889 bits per heavy atom. The molecule has 0 saturated heterocycles. The lowest BCUT2D eigenvalue weighted by atomic mass is 10.1. The van der Waals surface area contributed by atoms with Crippen LogP contribution in [0.25, 0.3) is 0 Å². The van der Waals surface area contributed by atoms with E-state index >= 15 is 0 Å². The third-order valence-corrected chi connectivity index (χ3v) is 5.03. The fraction of sp³-hybridized carbons (Fsp3) is 0.174. The Morgan fingerprint density at radius 2 is 1.48 bits per heavy atom. The summed E-state index contributed by atoms with van der Waals surface area (Å²) in [5, 5.41) is 12.5. The van der Waals surface area contributed by atoms with E-state index in [2.05, 4.69) is 34.5 Å². The van der Waals surface area contributed by atoms with Crippen molar-refractivity contribution in [2.24, 2.45) is 0 Å². The number of carbonyl (C=O) groups is 1. The summed E-state index contributed by atoms with van der Waals surface area (Å²) in [5.74, 6) is -0.186. The van der Waals surface area contributed by atoms with Gasteiger partial charge in [-0.15, -0.1) is 0 Å². The van der Waals surface area contributed by atoms with Crippen molar-refractivity contribution in [1.82, 2.24) is 5.32 Å². The van der Waals surface area contributed by atoms with Crippen molar-refractivity contribution < 1.29 is 9.90 Å². The van der Waals surface area contributed by atoms with Gasteiger partial charge in [0.15, 0.2) is 0 Å². The number of benzene rings is 3. The van der Waals surface area contributed by atoms with E-state index in [0.29, 0.717) is 5.56 Å². The first-order valence-corrected chi connectivity index (χ1v) is 9.13. The van der Waals surface area contributed by atoms with Crippen molar-refractivity contribution in [3.05, 3.63) is 101 Å². The zero-order valence-electron chi connectivity index (χ0n) is 15.0. The third-order valence-electron chi connectivity index (χ3n) is 5.03. The predicted molar refractivity (Wildman–Crippen MR) is 107 cm³/mol. The summed E-state index contributed by atoms with van der Waals surface area (Å²) >= 11 is 0. The molecule has 1 atom stereocenters. The second-order valence-corrected chi connectivity index (χ2v) is 6.79. The van der Waals surface area contributed by atoms with Gasteiger partial charge in [0.25, 0.3) is 5.91 Å². The molecule has 3 aromatic rings. The van der Waals surface area contributed by atoms with E-state index in [-0.39, 0.29) is 12.5 Å². The summed E-state index contributed by atoms with van der Waals surface area (Å²) in [6.07, 6.45) is 0. The molecule has 0 bridgehead atoms. The lowest BCUT2D eigenvalue weighted by Crippen LogP contribution is -2.30. The third kappa shape index (κ3) is 3.71. The first kappa shape index (κ1) is 17.3. The number of aliphatic hydroxyl groups excluding tert-OH is 1. The Labute approximate surface area is 159 Å². The molecule has 4 nitrogen and oxygen atoms in total. The van der Waals surface area contributed by atoms with Gasteiger partial charge in [0.05, 0.1) is 12.6 Å². The van der Waals surface area contributed by atoms with E-state index in [1.165, 1.54) is 11.1 Å². The highest BCUT2D eigenvalue weighted by Gasteiger charge is 2.19. The molecule has 0 spiro atoms. The minimum atomic E-state index is -0.411. The molecule has 0 fully saturated rings. The molecule has 0 aliphatic carbocycles. The minimum absolute atomic E-state index is 0.139. The normalized spacial score (nSPS) is 13.9. The lowest BCUT2D eigenvalue weighted by Gasteiger charge is -2.19. The number of fused-ring (bicyclic) bond motifs is 1. The number of nitrogens with zero attached hydrogens (tertiary/aromatic N) is 1. The largest absolute Gasteiger partial charge is 0.394 e. The molecule has 0 aromatic heterocycles. The van der Waals surface area contributed by atoms with Crippen LogP contribution >= 0.6 is 0 Å². The quantitative estimate of drug-likeness (QED) is 0.732. The van der Waals surface area contributed by atoms with Crippen LogP contribution in [0, 0.1) is 0 Å². The van der Waals surface area contributed by atoms with Gasteiger partial charge in [-0.2, -0.15) is 0 Å². The number of carbonyl (C=O) groups excluding carboxylic acids is 1. The molecule has 0 saturated carbocycles. The number of amides is 1. The molecule has 27 heavy (non-hydrogen) atoms. The van der Waals surface area contributed by atoms with E-state index in [9.17, 15) is 9.90 Å². The van der Waals surface area contributed by atoms with Crippen LogP contribution in [-0.2, 0) is 13.1 Å². The van der Waals surface area contributed by atoms with Crippen LogP contribution in [0.1, 0.15) is 33.1 Å². The highest BCUT2D eigenvalue weighted by Crippen LogP contribution is 2.28. The van der Waals surface area contributed by atoms with Gasteiger partial charge in [-0.25, -0.2) is 0 Å². The van der Waals surface area contributed by atoms with Crippen molar-refractivity contribution in [2.75, 3.05) is 11.5 Å². The minimum Gasteiger partial charge on any atom is -0.394 e. The average molecular weight is 358 g/mol. The summed E-state index contributed by atoms with van der Waals surface area (Å²) < 4.78 is 0. The van der Waals surface area contributed by atoms with E-state index in [1.54, 1.807) is 0 Å². The summed E-state index contributed by atoms with van der Waals surface area (Å²) in [6, 6.07) is 25.2. The van der Waals surface area contributed by atoms with Gasteiger partial charge < -0.3 is 15.3 Å². The van der Waals surface area contributed by atoms with Crippen LogP contribution in [-0.4, -0.2) is 17.6 Å². The van der Waals surface area contributed by atoms with Gasteiger partial charge in [-0.3, -0.25) is 4.79 Å². The summed E-state index contributed by atoms with van der Waals surface area (Å²) in [4.78, 5) is 14.9. The highest BCUT2D eigenvalue weighted by molar-refractivity contribution is 5.94. The van der Waals surface area contributed by atoms with Gasteiger partial charge in [-0.05, 0) is 41.0 Å². The van der Waals surface area contributed by atoms with E-state index < -0.39 is 6.04 Å². The molecule has 0 unspecified atom stereocenters. The number of rotatable bonds is 5. The molecular formula is C23H22N2O2. The molecule has 2 N–H and O–H groups in total. The Balaban J connectivity index is 1.44. The zero-order chi connectivity index (χ0) is 18.6. The number of hydrogen-bond acceptors (Lipinski definition) is 3. The van der Waals surface area contributed by atoms with Gasteiger partial charge in [0, 0.05) is 24.3 Å². The fourth-order valence-corrected chi connectivity index (χ4v) is 3.50. The molecule has 1 heterocycles. The first-order valence-electron chi connectivity index (χ1n) is 9.13. The van der Waals surface area contributed by atoms with Crippen LogP contribution < -0.4 is 10.2 Å². The molecule has 1 aliphatic heterocycles. The Kier molecular flexibility index (Phi) is 4.90. The second-order valence-electron chi connectivity index (χ2n) is 6.79. The smallest absolute Gasteiger partial charge is 0.251 e. The first-order chi connectivity index (χ1) is 13.2. The van der Waals surface area contributed by atoms with Crippen LogP contribution in [0.15, 0.2) is 78.9 Å². The zero-order valence-corrected chi connectivity index (χ0v) is 15.0. The van der Waals surface area contributed by atoms with E-state index in [1.807, 2.05) is 54.6 Å². The molecule has 136 valence electrons. The maximum atomic E-state index is 12.6. The molecule has 0 radical (unpaired) electrons. The van der Waals surface area contributed by atoms with Crippen molar-refractivity contribution in [1.29, 1.82) is 0 Å². The maximum Gasteiger partial charge on any atom is 0.251 e. The lowest BCUT2D eigenvalue weighted by molar-refractivity contribution is 0.0916. The Hall–Kier alpha value is -3.11. The van der Waals surface area contributed by atoms with Gasteiger partial charge in [-0.1, -0.05) is 54.6 Å².